The molecule has 1 aliphatic heterocycles. The van der Waals surface area contributed by atoms with Gasteiger partial charge >= 0.3 is 6.18 Å². The minimum Gasteiger partial charge on any atom is -0.360 e. The summed E-state index contributed by atoms with van der Waals surface area (Å²) in [5, 5.41) is 5.93. The van der Waals surface area contributed by atoms with E-state index in [1.165, 1.54) is 12.1 Å². The number of halogens is 4. The highest BCUT2D eigenvalue weighted by molar-refractivity contribution is 7.80. The van der Waals surface area contributed by atoms with Crippen molar-refractivity contribution in [3.05, 3.63) is 28.8 Å². The Kier molecular flexibility index (Phi) is 5.52. The second-order valence-electron chi connectivity index (χ2n) is 5.37. The molecule has 0 aliphatic carbocycles. The third-order valence-electron chi connectivity index (χ3n) is 3.58. The largest absolute Gasteiger partial charge is 0.417 e. The summed E-state index contributed by atoms with van der Waals surface area (Å²) in [6.07, 6.45) is -2.59. The summed E-state index contributed by atoms with van der Waals surface area (Å²) in [4.78, 5) is 2.23. The highest BCUT2D eigenvalue weighted by atomic mass is 35.5. The van der Waals surface area contributed by atoms with Crippen molar-refractivity contribution in [3.63, 3.8) is 0 Å². The van der Waals surface area contributed by atoms with Gasteiger partial charge in [0.2, 0.25) is 0 Å². The second kappa shape index (κ2) is 7.02. The number of piperidine rings is 1. The summed E-state index contributed by atoms with van der Waals surface area (Å²) < 4.78 is 38.4. The van der Waals surface area contributed by atoms with Gasteiger partial charge in [0.05, 0.1) is 10.6 Å². The van der Waals surface area contributed by atoms with Crippen molar-refractivity contribution in [3.8, 4) is 0 Å². The maximum Gasteiger partial charge on any atom is 0.417 e. The lowest BCUT2D eigenvalue weighted by molar-refractivity contribution is -0.137. The van der Waals surface area contributed by atoms with Crippen molar-refractivity contribution < 1.29 is 13.2 Å². The molecule has 0 saturated carbocycles. The van der Waals surface area contributed by atoms with Gasteiger partial charge in [0.1, 0.15) is 0 Å². The number of hydrogen-bond donors (Lipinski definition) is 2. The first-order valence-electron chi connectivity index (χ1n) is 6.88. The molecule has 3 nitrogen and oxygen atoms in total. The highest BCUT2D eigenvalue weighted by Gasteiger charge is 2.33. The first kappa shape index (κ1) is 17.3. The second-order valence-corrected chi connectivity index (χ2v) is 6.18. The molecule has 2 rings (SSSR count). The fourth-order valence-electron chi connectivity index (χ4n) is 2.33. The van der Waals surface area contributed by atoms with Crippen LogP contribution in [0.3, 0.4) is 0 Å². The lowest BCUT2D eigenvalue weighted by Gasteiger charge is -2.30. The van der Waals surface area contributed by atoms with E-state index in [4.69, 9.17) is 23.8 Å². The van der Waals surface area contributed by atoms with Crippen LogP contribution in [0.15, 0.2) is 18.2 Å². The van der Waals surface area contributed by atoms with Crippen LogP contribution in [0.4, 0.5) is 18.9 Å². The van der Waals surface area contributed by atoms with Gasteiger partial charge in [-0.2, -0.15) is 13.2 Å². The van der Waals surface area contributed by atoms with Crippen LogP contribution in [0.2, 0.25) is 5.02 Å². The van der Waals surface area contributed by atoms with Gasteiger partial charge in [0.25, 0.3) is 0 Å². The molecule has 2 N–H and O–H groups in total. The maximum absolute atomic E-state index is 12.8. The molecule has 0 aromatic heterocycles. The van der Waals surface area contributed by atoms with Crippen LogP contribution in [-0.2, 0) is 6.18 Å². The topological polar surface area (TPSA) is 27.3 Å². The van der Waals surface area contributed by atoms with Crippen molar-refractivity contribution in [2.24, 2.45) is 0 Å². The standard InChI is InChI=1S/C14H17ClF3N3S/c1-21-6-4-9(5-7-21)19-13(22)20-10-2-3-12(15)11(8-10)14(16,17)18/h2-3,8-9H,4-7H2,1H3,(H2,19,20,22). The van der Waals surface area contributed by atoms with E-state index in [0.717, 1.165) is 32.0 Å². The molecule has 1 aromatic rings. The first-order chi connectivity index (χ1) is 10.3. The normalized spacial score (nSPS) is 17.3. The molecule has 1 saturated heterocycles. The van der Waals surface area contributed by atoms with Crippen molar-refractivity contribution >= 4 is 34.6 Å². The van der Waals surface area contributed by atoms with E-state index in [-0.39, 0.29) is 16.8 Å². The quantitative estimate of drug-likeness (QED) is 0.794. The average molecular weight is 352 g/mol. The predicted molar refractivity (Wildman–Crippen MR) is 86.3 cm³/mol. The van der Waals surface area contributed by atoms with E-state index >= 15 is 0 Å². The lowest BCUT2D eigenvalue weighted by atomic mass is 10.1. The first-order valence-corrected chi connectivity index (χ1v) is 7.67. The SMILES string of the molecule is CN1CCC(NC(=S)Nc2ccc(Cl)c(C(F)(F)F)c2)CC1. The van der Waals surface area contributed by atoms with Gasteiger partial charge in [-0.05, 0) is 63.4 Å². The zero-order valence-electron chi connectivity index (χ0n) is 12.0. The molecule has 8 heteroatoms. The minimum absolute atomic E-state index is 0.241. The number of benzene rings is 1. The number of alkyl halides is 3. The third kappa shape index (κ3) is 4.72. The van der Waals surface area contributed by atoms with E-state index in [9.17, 15) is 13.2 Å². The maximum atomic E-state index is 12.8. The Hall–Kier alpha value is -1.05. The third-order valence-corrected chi connectivity index (χ3v) is 4.13. The molecule has 0 radical (unpaired) electrons. The lowest BCUT2D eigenvalue weighted by Crippen LogP contribution is -2.44. The van der Waals surface area contributed by atoms with Crippen LogP contribution >= 0.6 is 23.8 Å². The van der Waals surface area contributed by atoms with Crippen molar-refractivity contribution in [2.45, 2.75) is 25.1 Å². The molecule has 0 amide bonds. The van der Waals surface area contributed by atoms with Crippen LogP contribution in [-0.4, -0.2) is 36.2 Å². The van der Waals surface area contributed by atoms with Crippen LogP contribution in [0.1, 0.15) is 18.4 Å². The fraction of sp³-hybridized carbons (Fsp3) is 0.500. The molecule has 0 unspecified atom stereocenters. The molecule has 0 bridgehead atoms. The molecule has 122 valence electrons. The molecule has 1 fully saturated rings. The van der Waals surface area contributed by atoms with Gasteiger partial charge in [-0.3, -0.25) is 0 Å². The summed E-state index contributed by atoms with van der Waals surface area (Å²) in [6, 6.07) is 3.89. The molecule has 22 heavy (non-hydrogen) atoms. The zero-order valence-corrected chi connectivity index (χ0v) is 13.6. The Morgan fingerprint density at radius 1 is 1.32 bits per heavy atom. The molecule has 1 aliphatic rings. The van der Waals surface area contributed by atoms with Gasteiger partial charge in [-0.25, -0.2) is 0 Å². The summed E-state index contributed by atoms with van der Waals surface area (Å²) in [6.45, 7) is 1.94. The summed E-state index contributed by atoms with van der Waals surface area (Å²) in [5.41, 5.74) is -0.608. The molecule has 0 atom stereocenters. The minimum atomic E-state index is -4.49. The van der Waals surface area contributed by atoms with E-state index in [0.29, 0.717) is 5.11 Å². The van der Waals surface area contributed by atoms with Gasteiger partial charge < -0.3 is 15.5 Å². The Morgan fingerprint density at radius 2 is 1.95 bits per heavy atom. The van der Waals surface area contributed by atoms with E-state index < -0.39 is 11.7 Å². The number of nitrogens with one attached hydrogen (secondary N) is 2. The van der Waals surface area contributed by atoms with Gasteiger partial charge in [-0.15, -0.1) is 0 Å². The summed E-state index contributed by atoms with van der Waals surface area (Å²) in [5.74, 6) is 0. The monoisotopic (exact) mass is 351 g/mol. The van der Waals surface area contributed by atoms with Crippen LogP contribution in [0.5, 0.6) is 0 Å². The number of rotatable bonds is 2. The number of thiocarbonyl (C=S) groups is 1. The van der Waals surface area contributed by atoms with E-state index in [1.54, 1.807) is 0 Å². The number of likely N-dealkylation sites (tertiary alicyclic amines) is 1. The Labute approximate surface area is 137 Å². The number of hydrogen-bond acceptors (Lipinski definition) is 2. The van der Waals surface area contributed by atoms with Gasteiger partial charge in [-0.1, -0.05) is 11.6 Å². The molecule has 1 heterocycles. The summed E-state index contributed by atoms with van der Waals surface area (Å²) in [7, 11) is 2.05. The van der Waals surface area contributed by atoms with E-state index in [2.05, 4.69) is 22.6 Å². The Balaban J connectivity index is 1.97. The summed E-state index contributed by atoms with van der Waals surface area (Å²) >= 11 is 10.8. The zero-order chi connectivity index (χ0) is 16.3. The van der Waals surface area contributed by atoms with Crippen LogP contribution in [0.25, 0.3) is 0 Å². The fourth-order valence-corrected chi connectivity index (χ4v) is 2.83. The Morgan fingerprint density at radius 3 is 2.55 bits per heavy atom. The van der Waals surface area contributed by atoms with Crippen LogP contribution < -0.4 is 10.6 Å². The molecule has 0 spiro atoms. The molecular formula is C14H17ClF3N3S. The van der Waals surface area contributed by atoms with Crippen molar-refractivity contribution in [1.29, 1.82) is 0 Å². The van der Waals surface area contributed by atoms with E-state index in [1.807, 2.05) is 0 Å². The van der Waals surface area contributed by atoms with Crippen LogP contribution in [0, 0.1) is 0 Å². The predicted octanol–water partition coefficient (Wildman–Crippen LogP) is 3.74. The average Bonchev–Trinajstić information content (AvgIpc) is 2.42. The van der Waals surface area contributed by atoms with Crippen molar-refractivity contribution in [2.75, 3.05) is 25.5 Å². The molecule has 1 aromatic carbocycles. The number of anilines is 1. The molecular weight excluding hydrogens is 335 g/mol. The highest BCUT2D eigenvalue weighted by Crippen LogP contribution is 2.36. The van der Waals surface area contributed by atoms with Crippen molar-refractivity contribution in [1.82, 2.24) is 10.2 Å². The van der Waals surface area contributed by atoms with Gasteiger partial charge in [0, 0.05) is 11.7 Å². The number of nitrogens with zero attached hydrogens (tertiary/aromatic N) is 1. The van der Waals surface area contributed by atoms with Gasteiger partial charge in [0.15, 0.2) is 5.11 Å². The Bertz CT molecular complexity index is 543. The smallest absolute Gasteiger partial charge is 0.360 e.